The summed E-state index contributed by atoms with van der Waals surface area (Å²) < 4.78 is 10.4. The third-order valence-corrected chi connectivity index (χ3v) is 3.20. The number of ether oxygens (including phenoxy) is 2. The Kier molecular flexibility index (Phi) is 2.62. The first kappa shape index (κ1) is 12.5. The Morgan fingerprint density at radius 3 is 2.18 bits per heavy atom. The molecule has 0 atom stereocenters. The second kappa shape index (κ2) is 4.63. The number of para-hydroxylation sites is 2. The van der Waals surface area contributed by atoms with Crippen molar-refractivity contribution in [3.8, 4) is 11.5 Å². The van der Waals surface area contributed by atoms with Crippen molar-refractivity contribution in [3.05, 3.63) is 48.6 Å². The number of esters is 2. The van der Waals surface area contributed by atoms with Crippen molar-refractivity contribution in [2.75, 3.05) is 0 Å². The first-order valence-corrected chi connectivity index (χ1v) is 6.52. The molecule has 0 saturated carbocycles. The Balaban J connectivity index is 2.03. The molecule has 0 aliphatic carbocycles. The van der Waals surface area contributed by atoms with E-state index in [4.69, 9.17) is 9.47 Å². The Morgan fingerprint density at radius 2 is 1.41 bits per heavy atom. The molecule has 0 N–H and O–H groups in total. The predicted molar refractivity (Wildman–Crippen MR) is 77.5 cm³/mol. The minimum absolute atomic E-state index is 0.0958. The maximum absolute atomic E-state index is 11.7. The highest BCUT2D eigenvalue weighted by Gasteiger charge is 2.20. The number of carbonyl (C=O) groups is 2. The van der Waals surface area contributed by atoms with E-state index in [1.54, 1.807) is 12.1 Å². The molecular formula is C16H8N2O4. The predicted octanol–water partition coefficient (Wildman–Crippen LogP) is 2.16. The highest BCUT2D eigenvalue weighted by Crippen LogP contribution is 2.35. The van der Waals surface area contributed by atoms with Crippen LogP contribution in [0.4, 0.5) is 0 Å². The van der Waals surface area contributed by atoms with Crippen molar-refractivity contribution in [3.63, 3.8) is 0 Å². The van der Waals surface area contributed by atoms with E-state index in [2.05, 4.69) is 9.97 Å². The molecule has 106 valence electrons. The lowest BCUT2D eigenvalue weighted by atomic mass is 10.2. The summed E-state index contributed by atoms with van der Waals surface area (Å²) in [7, 11) is 0. The van der Waals surface area contributed by atoms with E-state index in [1.165, 1.54) is 6.07 Å². The molecule has 0 bridgehead atoms. The van der Waals surface area contributed by atoms with E-state index in [0.29, 0.717) is 16.6 Å². The van der Waals surface area contributed by atoms with Crippen LogP contribution in [0.15, 0.2) is 48.6 Å². The van der Waals surface area contributed by atoms with E-state index in [9.17, 15) is 9.59 Å². The van der Waals surface area contributed by atoms with Gasteiger partial charge in [0, 0.05) is 12.2 Å². The first-order chi connectivity index (χ1) is 10.7. The molecule has 2 aromatic carbocycles. The molecule has 1 aliphatic heterocycles. The van der Waals surface area contributed by atoms with Crippen LogP contribution in [0.2, 0.25) is 0 Å². The maximum Gasteiger partial charge on any atom is 0.336 e. The van der Waals surface area contributed by atoms with Gasteiger partial charge in [-0.3, -0.25) is 0 Å². The van der Waals surface area contributed by atoms with Crippen LogP contribution in [-0.4, -0.2) is 21.9 Å². The fourth-order valence-corrected chi connectivity index (χ4v) is 2.24. The number of aromatic nitrogens is 2. The lowest BCUT2D eigenvalue weighted by Gasteiger charge is -2.13. The third kappa shape index (κ3) is 1.98. The highest BCUT2D eigenvalue weighted by atomic mass is 16.6. The van der Waals surface area contributed by atoms with Crippen molar-refractivity contribution < 1.29 is 19.1 Å². The van der Waals surface area contributed by atoms with Crippen molar-refractivity contribution in [2.24, 2.45) is 0 Å². The number of benzene rings is 2. The Labute approximate surface area is 124 Å². The number of fused-ring (bicyclic) bond motifs is 4. The minimum Gasteiger partial charge on any atom is -0.419 e. The third-order valence-electron chi connectivity index (χ3n) is 3.20. The molecule has 0 amide bonds. The van der Waals surface area contributed by atoms with Crippen LogP contribution < -0.4 is 9.47 Å². The van der Waals surface area contributed by atoms with Crippen LogP contribution in [0, 0.1) is 0 Å². The normalized spacial score (nSPS) is 15.6. The van der Waals surface area contributed by atoms with Crippen molar-refractivity contribution in [1.29, 1.82) is 0 Å². The Hall–Kier alpha value is -3.28. The van der Waals surface area contributed by atoms with Gasteiger partial charge in [-0.05, 0) is 24.3 Å². The zero-order valence-corrected chi connectivity index (χ0v) is 11.1. The number of hydrogen-bond acceptors (Lipinski definition) is 6. The quantitative estimate of drug-likeness (QED) is 0.359. The molecular weight excluding hydrogens is 284 g/mol. The largest absolute Gasteiger partial charge is 0.419 e. The van der Waals surface area contributed by atoms with E-state index in [1.807, 2.05) is 18.2 Å². The minimum atomic E-state index is -0.666. The summed E-state index contributed by atoms with van der Waals surface area (Å²) in [6.07, 6.45) is 2.03. The van der Waals surface area contributed by atoms with Gasteiger partial charge in [0.1, 0.15) is 5.52 Å². The molecule has 2 heterocycles. The lowest BCUT2D eigenvalue weighted by molar-refractivity contribution is -0.133. The highest BCUT2D eigenvalue weighted by molar-refractivity contribution is 5.99. The van der Waals surface area contributed by atoms with Gasteiger partial charge in [0.15, 0.2) is 5.75 Å². The van der Waals surface area contributed by atoms with Crippen molar-refractivity contribution in [1.82, 2.24) is 9.97 Å². The van der Waals surface area contributed by atoms with E-state index >= 15 is 0 Å². The molecule has 0 fully saturated rings. The Bertz CT molecular complexity index is 978. The van der Waals surface area contributed by atoms with Crippen molar-refractivity contribution >= 4 is 34.0 Å². The Morgan fingerprint density at radius 1 is 0.727 bits per heavy atom. The maximum atomic E-state index is 11.7. The molecule has 4 rings (SSSR count). The fourth-order valence-electron chi connectivity index (χ4n) is 2.24. The summed E-state index contributed by atoms with van der Waals surface area (Å²) in [5.41, 5.74) is 2.30. The van der Waals surface area contributed by atoms with Gasteiger partial charge in [-0.1, -0.05) is 12.1 Å². The van der Waals surface area contributed by atoms with Gasteiger partial charge in [-0.25, -0.2) is 19.6 Å². The summed E-state index contributed by atoms with van der Waals surface area (Å²) in [6, 6.07) is 10.5. The summed E-state index contributed by atoms with van der Waals surface area (Å²) in [6.45, 7) is 0. The average Bonchev–Trinajstić information content (AvgIpc) is 2.52. The molecule has 0 spiro atoms. The molecule has 6 heteroatoms. The van der Waals surface area contributed by atoms with Crippen LogP contribution in [0.3, 0.4) is 0 Å². The van der Waals surface area contributed by atoms with Gasteiger partial charge in [0.25, 0.3) is 0 Å². The molecule has 22 heavy (non-hydrogen) atoms. The topological polar surface area (TPSA) is 78.4 Å². The van der Waals surface area contributed by atoms with E-state index in [0.717, 1.165) is 17.7 Å². The van der Waals surface area contributed by atoms with Crippen LogP contribution in [0.25, 0.3) is 22.1 Å². The van der Waals surface area contributed by atoms with Crippen LogP contribution in [0.5, 0.6) is 11.5 Å². The monoisotopic (exact) mass is 292 g/mol. The molecule has 1 aliphatic rings. The SMILES string of the molecule is O=C1/C=C\C(=O)Oc2c(ccc3nc4ccccc4nc23)O1. The molecule has 0 saturated heterocycles. The lowest BCUT2D eigenvalue weighted by Crippen LogP contribution is -2.14. The van der Waals surface area contributed by atoms with Gasteiger partial charge in [0.2, 0.25) is 5.75 Å². The zero-order valence-electron chi connectivity index (χ0n) is 11.1. The molecule has 1 aromatic heterocycles. The van der Waals surface area contributed by atoms with Gasteiger partial charge < -0.3 is 9.47 Å². The second-order valence-corrected chi connectivity index (χ2v) is 4.65. The standard InChI is InChI=1S/C16H8N2O4/c19-13-7-8-14(20)22-16-12(21-13)6-5-11-15(16)18-10-4-2-1-3-9(10)17-11/h1-8H/b8-7-. The number of nitrogens with zero attached hydrogens (tertiary/aromatic N) is 2. The van der Waals surface area contributed by atoms with E-state index in [-0.39, 0.29) is 11.5 Å². The molecule has 0 unspecified atom stereocenters. The first-order valence-electron chi connectivity index (χ1n) is 6.52. The van der Waals surface area contributed by atoms with Crippen molar-refractivity contribution in [2.45, 2.75) is 0 Å². The molecule has 0 radical (unpaired) electrons. The number of rotatable bonds is 0. The van der Waals surface area contributed by atoms with Gasteiger partial charge in [-0.15, -0.1) is 0 Å². The van der Waals surface area contributed by atoms with Gasteiger partial charge in [-0.2, -0.15) is 0 Å². The second-order valence-electron chi connectivity index (χ2n) is 4.65. The molecule has 3 aromatic rings. The van der Waals surface area contributed by atoms with E-state index < -0.39 is 11.9 Å². The smallest absolute Gasteiger partial charge is 0.336 e. The number of hydrogen-bond donors (Lipinski definition) is 0. The average molecular weight is 292 g/mol. The summed E-state index contributed by atoms with van der Waals surface area (Å²) in [4.78, 5) is 32.2. The van der Waals surface area contributed by atoms with Gasteiger partial charge >= 0.3 is 11.9 Å². The van der Waals surface area contributed by atoms with Crippen LogP contribution >= 0.6 is 0 Å². The summed E-state index contributed by atoms with van der Waals surface area (Å²) in [5.74, 6) is -1.08. The van der Waals surface area contributed by atoms with Crippen LogP contribution in [-0.2, 0) is 9.59 Å². The van der Waals surface area contributed by atoms with Crippen LogP contribution in [0.1, 0.15) is 0 Å². The summed E-state index contributed by atoms with van der Waals surface area (Å²) >= 11 is 0. The molecule has 6 nitrogen and oxygen atoms in total. The summed E-state index contributed by atoms with van der Waals surface area (Å²) in [5, 5.41) is 0. The van der Waals surface area contributed by atoms with Gasteiger partial charge in [0.05, 0.1) is 16.6 Å². The zero-order chi connectivity index (χ0) is 15.1. The number of carbonyl (C=O) groups excluding carboxylic acids is 2. The fraction of sp³-hybridized carbons (Fsp3) is 0.